The first-order chi connectivity index (χ1) is 15.1. The van der Waals surface area contributed by atoms with Crippen LogP contribution in [-0.2, 0) is 11.3 Å². The molecule has 1 heterocycles. The molecule has 4 rings (SSSR count). The number of benzene rings is 3. The van der Waals surface area contributed by atoms with E-state index in [2.05, 4.69) is 10.3 Å². The minimum Gasteiger partial charge on any atom is -0.755 e. The van der Waals surface area contributed by atoms with Gasteiger partial charge in [0, 0.05) is 11.6 Å². The Morgan fingerprint density at radius 1 is 0.935 bits per heavy atom. The van der Waals surface area contributed by atoms with Gasteiger partial charge in [-0.1, -0.05) is 60.7 Å². The molecule has 0 aliphatic heterocycles. The van der Waals surface area contributed by atoms with E-state index in [0.717, 1.165) is 15.3 Å². The molecule has 6 nitrogen and oxygen atoms in total. The van der Waals surface area contributed by atoms with Gasteiger partial charge in [0.15, 0.2) is 0 Å². The molecular formula is C24H20N3O3S-. The molecule has 0 aliphatic carbocycles. The monoisotopic (exact) mass is 430 g/mol. The van der Waals surface area contributed by atoms with Crippen molar-refractivity contribution >= 4 is 39.5 Å². The molecule has 0 spiro atoms. The SMILES string of the molecule is CC(NC(=O)c1ccccc1N(c1cccc2cccnc12)S(=O)[O-])c1ccccc1. The Kier molecular flexibility index (Phi) is 6.06. The van der Waals surface area contributed by atoms with E-state index in [4.69, 9.17) is 0 Å². The lowest BCUT2D eigenvalue weighted by molar-refractivity contribution is 0.0940. The third-order valence-electron chi connectivity index (χ3n) is 4.99. The summed E-state index contributed by atoms with van der Waals surface area (Å²) in [6.45, 7) is 1.88. The van der Waals surface area contributed by atoms with E-state index in [0.29, 0.717) is 11.2 Å². The molecule has 2 atom stereocenters. The zero-order valence-electron chi connectivity index (χ0n) is 16.8. The van der Waals surface area contributed by atoms with Crippen molar-refractivity contribution in [3.8, 4) is 0 Å². The van der Waals surface area contributed by atoms with E-state index in [1.807, 2.05) is 49.4 Å². The summed E-state index contributed by atoms with van der Waals surface area (Å²) in [6.07, 6.45) is 1.61. The van der Waals surface area contributed by atoms with Crippen LogP contribution >= 0.6 is 0 Å². The van der Waals surface area contributed by atoms with E-state index >= 15 is 0 Å². The van der Waals surface area contributed by atoms with Crippen LogP contribution in [0.4, 0.5) is 11.4 Å². The van der Waals surface area contributed by atoms with Crippen molar-refractivity contribution in [3.05, 3.63) is 102 Å². The fourth-order valence-electron chi connectivity index (χ4n) is 3.48. The minimum atomic E-state index is -2.67. The van der Waals surface area contributed by atoms with Crippen LogP contribution in [0, 0.1) is 0 Å². The number of nitrogens with one attached hydrogen (secondary N) is 1. The summed E-state index contributed by atoms with van der Waals surface area (Å²) in [6, 6.07) is 24.9. The first-order valence-corrected chi connectivity index (χ1v) is 10.8. The average Bonchev–Trinajstić information content (AvgIpc) is 2.80. The summed E-state index contributed by atoms with van der Waals surface area (Å²) in [7, 11) is 0. The molecule has 0 saturated heterocycles. The van der Waals surface area contributed by atoms with Crippen LogP contribution in [0.1, 0.15) is 28.9 Å². The van der Waals surface area contributed by atoms with Crippen LogP contribution < -0.4 is 9.62 Å². The van der Waals surface area contributed by atoms with Gasteiger partial charge in [-0.2, -0.15) is 0 Å². The number of rotatable bonds is 6. The number of pyridine rings is 1. The topological polar surface area (TPSA) is 85.4 Å². The number of carbonyl (C=O) groups excluding carboxylic acids is 1. The molecule has 2 unspecified atom stereocenters. The van der Waals surface area contributed by atoms with Crippen LogP contribution in [0.3, 0.4) is 0 Å². The normalized spacial score (nSPS) is 12.8. The highest BCUT2D eigenvalue weighted by molar-refractivity contribution is 7.81. The second kappa shape index (κ2) is 9.07. The van der Waals surface area contributed by atoms with Gasteiger partial charge in [-0.25, -0.2) is 0 Å². The summed E-state index contributed by atoms with van der Waals surface area (Å²) < 4.78 is 25.8. The molecule has 0 saturated carbocycles. The molecule has 1 amide bonds. The maximum absolute atomic E-state index is 13.1. The molecule has 0 radical (unpaired) electrons. The van der Waals surface area contributed by atoms with Crippen molar-refractivity contribution in [3.63, 3.8) is 0 Å². The Bertz CT molecular complexity index is 1240. The first-order valence-electron chi connectivity index (χ1n) is 9.74. The summed E-state index contributed by atoms with van der Waals surface area (Å²) in [5.74, 6) is -0.365. The maximum atomic E-state index is 13.1. The lowest BCUT2D eigenvalue weighted by Gasteiger charge is -2.29. The Labute approximate surface area is 183 Å². The Morgan fingerprint density at radius 3 is 2.39 bits per heavy atom. The predicted octanol–water partition coefficient (Wildman–Crippen LogP) is 4.66. The van der Waals surface area contributed by atoms with Crippen molar-refractivity contribution in [2.45, 2.75) is 13.0 Å². The van der Waals surface area contributed by atoms with Crippen molar-refractivity contribution in [1.82, 2.24) is 10.3 Å². The number of nitrogens with zero attached hydrogens (tertiary/aromatic N) is 2. The van der Waals surface area contributed by atoms with E-state index < -0.39 is 11.3 Å². The maximum Gasteiger partial charge on any atom is 0.253 e. The third kappa shape index (κ3) is 4.33. The van der Waals surface area contributed by atoms with Gasteiger partial charge in [0.2, 0.25) is 0 Å². The Hall–Kier alpha value is -3.55. The van der Waals surface area contributed by atoms with E-state index in [9.17, 15) is 13.6 Å². The number of anilines is 2. The standard InChI is InChI=1S/C24H21N3O3S/c1-17(18-9-3-2-4-10-18)26-24(28)20-13-5-6-14-21(20)27(31(29)30)22-15-7-11-19-12-8-16-25-23(19)22/h2-17H,1H3,(H,26,28)(H,29,30)/p-1. The molecule has 3 aromatic carbocycles. The second-order valence-electron chi connectivity index (χ2n) is 6.99. The third-order valence-corrected chi connectivity index (χ3v) is 5.69. The van der Waals surface area contributed by atoms with Crippen LogP contribution in [0.15, 0.2) is 91.1 Å². The first kappa shape index (κ1) is 20.7. The highest BCUT2D eigenvalue weighted by Crippen LogP contribution is 2.34. The average molecular weight is 431 g/mol. The molecule has 156 valence electrons. The van der Waals surface area contributed by atoms with Crippen LogP contribution in [0.5, 0.6) is 0 Å². The van der Waals surface area contributed by atoms with Crippen molar-refractivity contribution < 1.29 is 13.6 Å². The number of aromatic nitrogens is 1. The van der Waals surface area contributed by atoms with Crippen molar-refractivity contribution in [1.29, 1.82) is 0 Å². The summed E-state index contributed by atoms with van der Waals surface area (Å²) in [5, 5.41) is 3.75. The molecule has 0 bridgehead atoms. The van der Waals surface area contributed by atoms with Gasteiger partial charge < -0.3 is 9.87 Å². The fraction of sp³-hybridized carbons (Fsp3) is 0.0833. The van der Waals surface area contributed by atoms with E-state index in [1.54, 1.807) is 48.7 Å². The van der Waals surface area contributed by atoms with Crippen molar-refractivity contribution in [2.24, 2.45) is 0 Å². The zero-order chi connectivity index (χ0) is 21.8. The highest BCUT2D eigenvalue weighted by Gasteiger charge is 2.21. The molecule has 31 heavy (non-hydrogen) atoms. The molecule has 0 aliphatic rings. The zero-order valence-corrected chi connectivity index (χ0v) is 17.6. The summed E-state index contributed by atoms with van der Waals surface area (Å²) >= 11 is -2.67. The molecule has 7 heteroatoms. The highest BCUT2D eigenvalue weighted by atomic mass is 32.2. The number of carbonyl (C=O) groups is 1. The number of para-hydroxylation sites is 2. The molecule has 0 fully saturated rings. The van der Waals surface area contributed by atoms with E-state index in [1.165, 1.54) is 0 Å². The molecular weight excluding hydrogens is 410 g/mol. The van der Waals surface area contributed by atoms with Gasteiger partial charge in [0.1, 0.15) is 0 Å². The van der Waals surface area contributed by atoms with Crippen LogP contribution in [0.25, 0.3) is 10.9 Å². The largest absolute Gasteiger partial charge is 0.755 e. The van der Waals surface area contributed by atoms with E-state index in [-0.39, 0.29) is 23.2 Å². The van der Waals surface area contributed by atoms with Gasteiger partial charge in [-0.15, -0.1) is 0 Å². The van der Waals surface area contributed by atoms with Gasteiger partial charge >= 0.3 is 0 Å². The predicted molar refractivity (Wildman–Crippen MR) is 122 cm³/mol. The van der Waals surface area contributed by atoms with Gasteiger partial charge in [-0.3, -0.25) is 18.3 Å². The van der Waals surface area contributed by atoms with Crippen LogP contribution in [0.2, 0.25) is 0 Å². The van der Waals surface area contributed by atoms with Gasteiger partial charge in [-0.05, 0) is 36.8 Å². The molecule has 4 aromatic rings. The Morgan fingerprint density at radius 2 is 1.61 bits per heavy atom. The lowest BCUT2D eigenvalue weighted by Crippen LogP contribution is -2.29. The van der Waals surface area contributed by atoms with Crippen molar-refractivity contribution in [2.75, 3.05) is 4.31 Å². The minimum absolute atomic E-state index is 0.243. The quantitative estimate of drug-likeness (QED) is 0.451. The van der Waals surface area contributed by atoms with Gasteiger partial charge in [0.05, 0.1) is 39.8 Å². The lowest BCUT2D eigenvalue weighted by atomic mass is 10.1. The number of fused-ring (bicyclic) bond motifs is 1. The second-order valence-corrected chi connectivity index (χ2v) is 7.79. The van der Waals surface area contributed by atoms with Crippen LogP contribution in [-0.4, -0.2) is 19.7 Å². The molecule has 1 aromatic heterocycles. The summed E-state index contributed by atoms with van der Waals surface area (Å²) in [4.78, 5) is 17.5. The fourth-order valence-corrected chi connectivity index (χ4v) is 4.11. The smallest absolute Gasteiger partial charge is 0.253 e. The number of hydrogen-bond donors (Lipinski definition) is 1. The van der Waals surface area contributed by atoms with Gasteiger partial charge in [0.25, 0.3) is 5.91 Å². The number of amides is 1. The Balaban J connectivity index is 1.75. The molecule has 1 N–H and O–H groups in total. The summed E-state index contributed by atoms with van der Waals surface area (Å²) in [5.41, 5.74) is 2.37. The number of hydrogen-bond acceptors (Lipinski definition) is 4.